The van der Waals surface area contributed by atoms with Crippen LogP contribution in [0.4, 0.5) is 0 Å². The summed E-state index contributed by atoms with van der Waals surface area (Å²) in [6, 6.07) is 0. The van der Waals surface area contributed by atoms with Crippen LogP contribution in [-0.2, 0) is 14.3 Å². The highest BCUT2D eigenvalue weighted by molar-refractivity contribution is 5.92. The van der Waals surface area contributed by atoms with Gasteiger partial charge in [-0.3, -0.25) is 9.59 Å². The van der Waals surface area contributed by atoms with Gasteiger partial charge in [0.1, 0.15) is 6.10 Å². The largest absolute Gasteiger partial charge is 0.462 e. The summed E-state index contributed by atoms with van der Waals surface area (Å²) in [5.74, 6) is 0.642. The number of aliphatic hydroxyl groups is 1. The zero-order chi connectivity index (χ0) is 22.1. The SMILES string of the molecule is CC(OC(=O)C(C)(C)C)[C@H]1CC[C@@]2(O)[C@@H]3C=CC4=CC(=O)CC[C@]4(C)[C@H]3CC[C@]12C. The van der Waals surface area contributed by atoms with Gasteiger partial charge in [0.15, 0.2) is 5.78 Å². The maximum Gasteiger partial charge on any atom is 0.311 e. The summed E-state index contributed by atoms with van der Waals surface area (Å²) < 4.78 is 5.90. The molecule has 2 fully saturated rings. The molecule has 0 aliphatic heterocycles. The summed E-state index contributed by atoms with van der Waals surface area (Å²) in [7, 11) is 0. The number of ether oxygens (including phenoxy) is 1. The van der Waals surface area contributed by atoms with Gasteiger partial charge in [-0.05, 0) is 82.8 Å². The molecule has 0 aromatic heterocycles. The molecule has 0 saturated heterocycles. The van der Waals surface area contributed by atoms with Crippen LogP contribution in [-0.4, -0.2) is 28.6 Å². The molecule has 4 heteroatoms. The predicted octanol–water partition coefficient (Wildman–Crippen LogP) is 5.00. The van der Waals surface area contributed by atoms with Crippen LogP contribution in [0.25, 0.3) is 0 Å². The van der Waals surface area contributed by atoms with E-state index in [1.807, 2.05) is 33.8 Å². The van der Waals surface area contributed by atoms with Crippen molar-refractivity contribution in [3.05, 3.63) is 23.8 Å². The number of hydrogen-bond acceptors (Lipinski definition) is 4. The van der Waals surface area contributed by atoms with E-state index in [0.717, 1.165) is 37.7 Å². The topological polar surface area (TPSA) is 63.6 Å². The van der Waals surface area contributed by atoms with Gasteiger partial charge in [0.2, 0.25) is 0 Å². The summed E-state index contributed by atoms with van der Waals surface area (Å²) in [5.41, 5.74) is -0.487. The predicted molar refractivity (Wildman–Crippen MR) is 117 cm³/mol. The first-order valence-electron chi connectivity index (χ1n) is 11.7. The van der Waals surface area contributed by atoms with Crippen LogP contribution >= 0.6 is 0 Å². The van der Waals surface area contributed by atoms with Gasteiger partial charge in [0, 0.05) is 23.7 Å². The maximum atomic E-state index is 12.5. The Morgan fingerprint density at radius 2 is 1.90 bits per heavy atom. The summed E-state index contributed by atoms with van der Waals surface area (Å²) in [4.78, 5) is 24.5. The molecule has 4 rings (SSSR count). The summed E-state index contributed by atoms with van der Waals surface area (Å²) in [6.07, 6.45) is 11.0. The molecule has 4 aliphatic carbocycles. The molecule has 0 heterocycles. The Bertz CT molecular complexity index is 817. The second-order valence-electron chi connectivity index (χ2n) is 11.9. The van der Waals surface area contributed by atoms with Gasteiger partial charge < -0.3 is 9.84 Å². The highest BCUT2D eigenvalue weighted by Gasteiger charge is 2.66. The summed E-state index contributed by atoms with van der Waals surface area (Å²) in [5, 5.41) is 12.2. The Labute approximate surface area is 181 Å². The molecule has 166 valence electrons. The minimum atomic E-state index is -0.796. The van der Waals surface area contributed by atoms with E-state index < -0.39 is 11.0 Å². The van der Waals surface area contributed by atoms with Crippen LogP contribution < -0.4 is 0 Å². The number of rotatable bonds is 2. The number of hydrogen-bond donors (Lipinski definition) is 1. The van der Waals surface area contributed by atoms with Crippen LogP contribution in [0.3, 0.4) is 0 Å². The number of carbonyl (C=O) groups excluding carboxylic acids is 2. The van der Waals surface area contributed by atoms with Crippen molar-refractivity contribution in [2.75, 3.05) is 0 Å². The molecular weight excluding hydrogens is 376 g/mol. The Morgan fingerprint density at radius 1 is 1.20 bits per heavy atom. The fraction of sp³-hybridized carbons (Fsp3) is 0.769. The third kappa shape index (κ3) is 2.97. The van der Waals surface area contributed by atoms with Crippen molar-refractivity contribution in [2.45, 2.75) is 91.8 Å². The van der Waals surface area contributed by atoms with Gasteiger partial charge in [-0.15, -0.1) is 0 Å². The lowest BCUT2D eigenvalue weighted by molar-refractivity contribution is -0.183. The number of esters is 1. The van der Waals surface area contributed by atoms with Crippen molar-refractivity contribution in [3.63, 3.8) is 0 Å². The van der Waals surface area contributed by atoms with Crippen molar-refractivity contribution >= 4 is 11.8 Å². The molecule has 0 spiro atoms. The van der Waals surface area contributed by atoms with E-state index in [1.54, 1.807) is 0 Å². The van der Waals surface area contributed by atoms with E-state index in [1.165, 1.54) is 0 Å². The average Bonchev–Trinajstić information content (AvgIpc) is 2.93. The molecule has 7 atom stereocenters. The molecule has 1 N–H and O–H groups in total. The Hall–Kier alpha value is -1.42. The molecule has 4 aliphatic rings. The van der Waals surface area contributed by atoms with Gasteiger partial charge in [0.05, 0.1) is 11.0 Å². The lowest BCUT2D eigenvalue weighted by Crippen LogP contribution is -2.60. The van der Waals surface area contributed by atoms with Crippen LogP contribution in [0.5, 0.6) is 0 Å². The smallest absolute Gasteiger partial charge is 0.311 e. The monoisotopic (exact) mass is 414 g/mol. The molecule has 4 nitrogen and oxygen atoms in total. The van der Waals surface area contributed by atoms with Crippen LogP contribution in [0.1, 0.15) is 80.1 Å². The molecule has 0 amide bonds. The van der Waals surface area contributed by atoms with Gasteiger partial charge in [-0.1, -0.05) is 26.0 Å². The van der Waals surface area contributed by atoms with E-state index in [2.05, 4.69) is 26.0 Å². The van der Waals surface area contributed by atoms with Crippen molar-refractivity contribution in [1.29, 1.82) is 0 Å². The van der Waals surface area contributed by atoms with Crippen molar-refractivity contribution in [1.82, 2.24) is 0 Å². The van der Waals surface area contributed by atoms with Crippen LogP contribution in [0, 0.1) is 34.0 Å². The first-order valence-corrected chi connectivity index (χ1v) is 11.7. The van der Waals surface area contributed by atoms with E-state index in [-0.39, 0.29) is 40.5 Å². The van der Waals surface area contributed by atoms with E-state index in [4.69, 9.17) is 4.74 Å². The zero-order valence-electron chi connectivity index (χ0n) is 19.5. The third-order valence-corrected chi connectivity index (χ3v) is 9.24. The second kappa shape index (κ2) is 6.79. The van der Waals surface area contributed by atoms with Gasteiger partial charge in [0.25, 0.3) is 0 Å². The quantitative estimate of drug-likeness (QED) is 0.646. The minimum absolute atomic E-state index is 0.0349. The van der Waals surface area contributed by atoms with Crippen LogP contribution in [0.2, 0.25) is 0 Å². The van der Waals surface area contributed by atoms with Crippen LogP contribution in [0.15, 0.2) is 23.8 Å². The number of ketones is 1. The molecule has 1 unspecified atom stereocenters. The van der Waals surface area contributed by atoms with Crippen molar-refractivity contribution in [3.8, 4) is 0 Å². The number of allylic oxidation sites excluding steroid dienone is 3. The molecule has 0 aromatic rings. The highest BCUT2D eigenvalue weighted by atomic mass is 16.5. The lowest BCUT2D eigenvalue weighted by atomic mass is 9.47. The van der Waals surface area contributed by atoms with Gasteiger partial charge >= 0.3 is 5.97 Å². The second-order valence-corrected chi connectivity index (χ2v) is 11.9. The highest BCUT2D eigenvalue weighted by Crippen LogP contribution is 2.67. The van der Waals surface area contributed by atoms with Crippen molar-refractivity contribution in [2.24, 2.45) is 34.0 Å². The molecule has 0 radical (unpaired) electrons. The Balaban J connectivity index is 1.63. The Kier molecular flexibility index (Phi) is 4.93. The van der Waals surface area contributed by atoms with Gasteiger partial charge in [-0.25, -0.2) is 0 Å². The molecule has 0 aromatic carbocycles. The zero-order valence-corrected chi connectivity index (χ0v) is 19.5. The fourth-order valence-corrected chi connectivity index (χ4v) is 7.19. The average molecular weight is 415 g/mol. The van der Waals surface area contributed by atoms with E-state index in [9.17, 15) is 14.7 Å². The first-order chi connectivity index (χ1) is 13.8. The molecule has 2 saturated carbocycles. The van der Waals surface area contributed by atoms with Crippen molar-refractivity contribution < 1.29 is 19.4 Å². The summed E-state index contributed by atoms with van der Waals surface area (Å²) >= 11 is 0. The summed E-state index contributed by atoms with van der Waals surface area (Å²) in [6.45, 7) is 12.2. The normalized spacial score (nSPS) is 43.9. The third-order valence-electron chi connectivity index (χ3n) is 9.24. The lowest BCUT2D eigenvalue weighted by Gasteiger charge is -2.60. The molecule has 30 heavy (non-hydrogen) atoms. The molecular formula is C26H38O4. The minimum Gasteiger partial charge on any atom is -0.462 e. The fourth-order valence-electron chi connectivity index (χ4n) is 7.19. The number of fused-ring (bicyclic) bond motifs is 5. The Morgan fingerprint density at radius 3 is 2.57 bits per heavy atom. The van der Waals surface area contributed by atoms with E-state index in [0.29, 0.717) is 12.3 Å². The molecule has 0 bridgehead atoms. The first kappa shape index (κ1) is 21.8. The standard InChI is InChI=1S/C26H38O4/c1-16(30-22(28)23(2,3)4)19-11-14-26(29)21-8-7-17-15-18(27)9-12-24(17,5)20(21)10-13-25(19,26)6/h7-8,15-16,19-21,29H,9-14H2,1-6H3/t16?,19-,20+,21-,24+,25-,26-/m1/s1. The van der Waals surface area contributed by atoms with E-state index >= 15 is 0 Å². The maximum absolute atomic E-state index is 12.5. The van der Waals surface area contributed by atoms with Gasteiger partial charge in [-0.2, -0.15) is 0 Å². The number of carbonyl (C=O) groups is 2.